The van der Waals surface area contributed by atoms with Gasteiger partial charge in [0.1, 0.15) is 0 Å². The quantitative estimate of drug-likeness (QED) is 0.836. The number of ether oxygens (including phenoxy) is 1. The van der Waals surface area contributed by atoms with E-state index in [0.29, 0.717) is 0 Å². The first kappa shape index (κ1) is 14.3. The van der Waals surface area contributed by atoms with Gasteiger partial charge in [-0.15, -0.1) is 0 Å². The van der Waals surface area contributed by atoms with E-state index in [1.54, 1.807) is 0 Å². The molecule has 1 aliphatic rings. The smallest absolute Gasteiger partial charge is 0.336 e. The molecule has 1 N–H and O–H groups in total. The van der Waals surface area contributed by atoms with Gasteiger partial charge in [-0.1, -0.05) is 12.8 Å². The molecule has 0 radical (unpaired) electrons. The molecule has 19 heavy (non-hydrogen) atoms. The Morgan fingerprint density at radius 3 is 2.47 bits per heavy atom. The van der Waals surface area contributed by atoms with Gasteiger partial charge in [-0.25, -0.2) is 9.18 Å². The maximum atomic E-state index is 14.0. The van der Waals surface area contributed by atoms with Crippen LogP contribution in [0, 0.1) is 5.82 Å². The second-order valence-corrected chi connectivity index (χ2v) is 5.57. The number of carbonyl (C=O) groups is 1. The minimum absolute atomic E-state index is 0.0274. The second-order valence-electron chi connectivity index (χ2n) is 4.78. The number of benzene rings is 1. The molecule has 0 aromatic heterocycles. The zero-order valence-corrected chi connectivity index (χ0v) is 12.1. The molecule has 0 saturated heterocycles. The van der Waals surface area contributed by atoms with E-state index >= 15 is 0 Å². The zero-order chi connectivity index (χ0) is 13.8. The molecule has 0 heterocycles. The molecule has 0 aliphatic heterocycles. The van der Waals surface area contributed by atoms with Gasteiger partial charge in [0.2, 0.25) is 0 Å². The number of carboxylic acids is 1. The Bertz CT molecular complexity index is 468. The van der Waals surface area contributed by atoms with Gasteiger partial charge in [0.25, 0.3) is 0 Å². The SMILES string of the molecule is O=C(O)c1ccc(OC2CCCCCC2)c(F)c1Br. The predicted molar refractivity (Wildman–Crippen MR) is 73.2 cm³/mol. The van der Waals surface area contributed by atoms with Crippen molar-refractivity contribution < 1.29 is 19.0 Å². The van der Waals surface area contributed by atoms with E-state index < -0.39 is 11.8 Å². The van der Waals surface area contributed by atoms with Crippen LogP contribution in [0.3, 0.4) is 0 Å². The number of rotatable bonds is 3. The molecule has 5 heteroatoms. The molecule has 1 saturated carbocycles. The first-order valence-electron chi connectivity index (χ1n) is 6.47. The number of carboxylic acid groups (broad SMARTS) is 1. The van der Waals surface area contributed by atoms with Gasteiger partial charge in [-0.3, -0.25) is 0 Å². The molecule has 0 atom stereocenters. The highest BCUT2D eigenvalue weighted by Crippen LogP contribution is 2.31. The van der Waals surface area contributed by atoms with Crippen LogP contribution in [0.15, 0.2) is 16.6 Å². The lowest BCUT2D eigenvalue weighted by Gasteiger charge is -2.18. The Balaban J connectivity index is 2.16. The van der Waals surface area contributed by atoms with Crippen molar-refractivity contribution in [3.63, 3.8) is 0 Å². The Hall–Kier alpha value is -1.10. The molecule has 2 rings (SSSR count). The normalized spacial score (nSPS) is 16.9. The number of hydrogen-bond donors (Lipinski definition) is 1. The molecule has 0 amide bonds. The van der Waals surface area contributed by atoms with Crippen LogP contribution in [0.1, 0.15) is 48.9 Å². The molecule has 0 unspecified atom stereocenters. The largest absolute Gasteiger partial charge is 0.487 e. The lowest BCUT2D eigenvalue weighted by molar-refractivity contribution is 0.0695. The molecule has 0 bridgehead atoms. The van der Waals surface area contributed by atoms with Crippen LogP contribution in [-0.4, -0.2) is 17.2 Å². The van der Waals surface area contributed by atoms with Crippen LogP contribution in [0.5, 0.6) is 5.75 Å². The first-order valence-corrected chi connectivity index (χ1v) is 7.27. The summed E-state index contributed by atoms with van der Waals surface area (Å²) in [7, 11) is 0. The standard InChI is InChI=1S/C14H16BrFO3/c15-12-10(14(17)18)7-8-11(13(12)16)19-9-5-3-1-2-4-6-9/h7-9H,1-6H2,(H,17,18). The fraction of sp³-hybridized carbons (Fsp3) is 0.500. The number of aromatic carboxylic acids is 1. The summed E-state index contributed by atoms with van der Waals surface area (Å²) in [6, 6.07) is 2.76. The van der Waals surface area contributed by atoms with Crippen molar-refractivity contribution in [1.82, 2.24) is 0 Å². The van der Waals surface area contributed by atoms with Gasteiger partial charge >= 0.3 is 5.97 Å². The van der Waals surface area contributed by atoms with Crippen LogP contribution in [0.25, 0.3) is 0 Å². The van der Waals surface area contributed by atoms with Crippen LogP contribution in [0.2, 0.25) is 0 Å². The fourth-order valence-electron chi connectivity index (χ4n) is 2.33. The van der Waals surface area contributed by atoms with E-state index in [9.17, 15) is 9.18 Å². The Morgan fingerprint density at radius 1 is 1.26 bits per heavy atom. The summed E-state index contributed by atoms with van der Waals surface area (Å²) in [4.78, 5) is 10.9. The molecule has 1 aromatic carbocycles. The zero-order valence-electron chi connectivity index (χ0n) is 10.5. The van der Waals surface area contributed by atoms with Gasteiger partial charge in [0, 0.05) is 0 Å². The summed E-state index contributed by atoms with van der Waals surface area (Å²) in [6.07, 6.45) is 6.48. The van der Waals surface area contributed by atoms with Crippen molar-refractivity contribution in [3.8, 4) is 5.75 Å². The summed E-state index contributed by atoms with van der Waals surface area (Å²) in [5.74, 6) is -1.67. The highest BCUT2D eigenvalue weighted by atomic mass is 79.9. The first-order chi connectivity index (χ1) is 9.09. The van der Waals surface area contributed by atoms with E-state index in [4.69, 9.17) is 9.84 Å². The number of halogens is 2. The summed E-state index contributed by atoms with van der Waals surface area (Å²) < 4.78 is 19.7. The fourth-order valence-corrected chi connectivity index (χ4v) is 2.82. The minimum atomic E-state index is -1.16. The molecular formula is C14H16BrFO3. The van der Waals surface area contributed by atoms with Gasteiger partial charge < -0.3 is 9.84 Å². The highest BCUT2D eigenvalue weighted by Gasteiger charge is 2.20. The summed E-state index contributed by atoms with van der Waals surface area (Å²) in [5, 5.41) is 8.90. The molecular weight excluding hydrogens is 315 g/mol. The van der Waals surface area contributed by atoms with E-state index in [1.807, 2.05) is 0 Å². The highest BCUT2D eigenvalue weighted by molar-refractivity contribution is 9.10. The van der Waals surface area contributed by atoms with E-state index in [2.05, 4.69) is 15.9 Å². The minimum Gasteiger partial charge on any atom is -0.487 e. The average molecular weight is 331 g/mol. The van der Waals surface area contributed by atoms with Crippen LogP contribution in [-0.2, 0) is 0 Å². The molecule has 3 nitrogen and oxygen atoms in total. The van der Waals surface area contributed by atoms with Crippen LogP contribution < -0.4 is 4.74 Å². The third kappa shape index (κ3) is 3.47. The maximum Gasteiger partial charge on any atom is 0.336 e. The second kappa shape index (κ2) is 6.37. The summed E-state index contributed by atoms with van der Waals surface area (Å²) in [6.45, 7) is 0. The van der Waals surface area contributed by atoms with E-state index in [0.717, 1.165) is 25.7 Å². The molecule has 1 aromatic rings. The Morgan fingerprint density at radius 2 is 1.89 bits per heavy atom. The van der Waals surface area contributed by atoms with Crippen molar-refractivity contribution in [3.05, 3.63) is 28.0 Å². The third-order valence-corrected chi connectivity index (χ3v) is 4.15. The van der Waals surface area contributed by atoms with Crippen molar-refractivity contribution in [1.29, 1.82) is 0 Å². The Kier molecular flexibility index (Phi) is 4.80. The van der Waals surface area contributed by atoms with Crippen LogP contribution in [0.4, 0.5) is 4.39 Å². The van der Waals surface area contributed by atoms with Crippen molar-refractivity contribution in [2.75, 3.05) is 0 Å². The molecule has 1 fully saturated rings. The van der Waals surface area contributed by atoms with Crippen molar-refractivity contribution in [2.24, 2.45) is 0 Å². The van der Waals surface area contributed by atoms with Crippen molar-refractivity contribution >= 4 is 21.9 Å². The van der Waals surface area contributed by atoms with Gasteiger partial charge in [-0.05, 0) is 53.7 Å². The number of hydrogen-bond acceptors (Lipinski definition) is 2. The average Bonchev–Trinajstić information content (AvgIpc) is 2.63. The predicted octanol–water partition coefficient (Wildman–Crippen LogP) is 4.39. The maximum absolute atomic E-state index is 14.0. The van der Waals surface area contributed by atoms with Gasteiger partial charge in [0.15, 0.2) is 11.6 Å². The van der Waals surface area contributed by atoms with Gasteiger partial charge in [-0.2, -0.15) is 0 Å². The third-order valence-electron chi connectivity index (χ3n) is 3.37. The van der Waals surface area contributed by atoms with Gasteiger partial charge in [0.05, 0.1) is 16.1 Å². The molecule has 1 aliphatic carbocycles. The lowest BCUT2D eigenvalue weighted by Crippen LogP contribution is -2.16. The Labute approximate surface area is 119 Å². The molecule has 104 valence electrons. The van der Waals surface area contributed by atoms with Crippen molar-refractivity contribution in [2.45, 2.75) is 44.6 Å². The summed E-state index contributed by atoms with van der Waals surface area (Å²) >= 11 is 2.98. The van der Waals surface area contributed by atoms with E-state index in [1.165, 1.54) is 25.0 Å². The monoisotopic (exact) mass is 330 g/mol. The molecule has 0 spiro atoms. The topological polar surface area (TPSA) is 46.5 Å². The van der Waals surface area contributed by atoms with Crippen LogP contribution >= 0.6 is 15.9 Å². The lowest BCUT2D eigenvalue weighted by atomic mass is 10.1. The van der Waals surface area contributed by atoms with E-state index in [-0.39, 0.29) is 21.9 Å². The summed E-state index contributed by atoms with van der Waals surface area (Å²) in [5.41, 5.74) is -0.0919.